The summed E-state index contributed by atoms with van der Waals surface area (Å²) in [6.45, 7) is 2.37. The van der Waals surface area contributed by atoms with E-state index in [-0.39, 0.29) is 17.9 Å². The van der Waals surface area contributed by atoms with Crippen molar-refractivity contribution in [2.45, 2.75) is 38.1 Å². The lowest BCUT2D eigenvalue weighted by atomic mass is 9.77. The number of nitrogens with zero attached hydrogens (tertiary/aromatic N) is 2. The summed E-state index contributed by atoms with van der Waals surface area (Å²) in [5.74, 6) is 0.502. The van der Waals surface area contributed by atoms with Crippen LogP contribution in [-0.2, 0) is 0 Å². The summed E-state index contributed by atoms with van der Waals surface area (Å²) in [4.78, 5) is 6.11. The number of thiophene rings is 2. The van der Waals surface area contributed by atoms with Gasteiger partial charge in [0.1, 0.15) is 11.2 Å². The molecule has 1 aliphatic heterocycles. The Morgan fingerprint density at radius 3 is 1.95 bits per heavy atom. The van der Waals surface area contributed by atoms with Gasteiger partial charge in [-0.25, -0.2) is 0 Å². The third-order valence-electron chi connectivity index (χ3n) is 14.5. The molecule has 3 atom stereocenters. The van der Waals surface area contributed by atoms with E-state index < -0.39 is 0 Å². The highest BCUT2D eigenvalue weighted by Crippen LogP contribution is 2.48. The van der Waals surface area contributed by atoms with E-state index in [1.807, 2.05) is 22.7 Å². The molecule has 0 saturated carbocycles. The van der Waals surface area contributed by atoms with E-state index in [9.17, 15) is 0 Å². The molecule has 9 aromatic carbocycles. The summed E-state index contributed by atoms with van der Waals surface area (Å²) in [5, 5.41) is 12.6. The molecule has 0 fully saturated rings. The van der Waals surface area contributed by atoms with E-state index in [0.717, 1.165) is 41.5 Å². The fourth-order valence-electron chi connectivity index (χ4n) is 11.5. The molecule has 1 aliphatic rings. The van der Waals surface area contributed by atoms with Gasteiger partial charge in [0.25, 0.3) is 0 Å². The van der Waals surface area contributed by atoms with Gasteiger partial charge in [0.05, 0.1) is 22.8 Å². The Hall–Kier alpha value is -7.05. The molecule has 13 aromatic rings. The van der Waals surface area contributed by atoms with Crippen LogP contribution in [0, 0.1) is 5.92 Å². The van der Waals surface area contributed by atoms with E-state index in [4.69, 9.17) is 9.41 Å². The van der Waals surface area contributed by atoms with Gasteiger partial charge in [0.15, 0.2) is 0 Å². The maximum absolute atomic E-state index is 6.88. The molecule has 0 amide bonds. The first-order valence-corrected chi connectivity index (χ1v) is 24.6. The molecule has 3 nitrogen and oxygen atoms in total. The number of hydrogen-bond acceptors (Lipinski definition) is 4. The molecular weight excluding hydrogens is 829 g/mol. The first kappa shape index (κ1) is 37.3. The molecule has 310 valence electrons. The maximum Gasteiger partial charge on any atom is 0.137 e. The largest absolute Gasteiger partial charge is 0.456 e. The number of para-hydroxylation sites is 2. The third kappa shape index (κ3) is 5.75. The van der Waals surface area contributed by atoms with Gasteiger partial charge in [-0.15, -0.1) is 22.7 Å². The zero-order chi connectivity index (χ0) is 42.8. The molecule has 5 heterocycles. The number of aliphatic imine (C=N–C) groups is 1. The van der Waals surface area contributed by atoms with E-state index in [1.54, 1.807) is 0 Å². The Balaban J connectivity index is 1.02. The lowest BCUT2D eigenvalue weighted by Crippen LogP contribution is -2.22. The van der Waals surface area contributed by atoms with Crippen molar-refractivity contribution < 1.29 is 4.42 Å². The minimum absolute atomic E-state index is 0.109. The van der Waals surface area contributed by atoms with Gasteiger partial charge in [-0.1, -0.05) is 116 Å². The van der Waals surface area contributed by atoms with Crippen molar-refractivity contribution in [3.05, 3.63) is 199 Å². The average Bonchev–Trinajstić information content (AvgIpc) is 4.08. The van der Waals surface area contributed by atoms with Crippen molar-refractivity contribution in [1.82, 2.24) is 4.57 Å². The summed E-state index contributed by atoms with van der Waals surface area (Å²) in [5.41, 5.74) is 10.3. The number of furan rings is 1. The van der Waals surface area contributed by atoms with Crippen molar-refractivity contribution >= 4 is 123 Å². The molecule has 4 aromatic heterocycles. The Morgan fingerprint density at radius 1 is 0.523 bits per heavy atom. The molecule has 0 aliphatic carbocycles. The highest BCUT2D eigenvalue weighted by molar-refractivity contribution is 7.26. The number of rotatable bonds is 5. The Morgan fingerprint density at radius 2 is 1.17 bits per heavy atom. The molecule has 0 spiro atoms. The van der Waals surface area contributed by atoms with Gasteiger partial charge in [0, 0.05) is 79.6 Å². The van der Waals surface area contributed by atoms with Gasteiger partial charge in [-0.05, 0) is 119 Å². The SMILES string of the molecule is CCC1C(c2ccc3sc4ccccc4c3c2)=NC(c2cc(-n3c4ccccc4c4cc5ccccc5cc43)cc3oc4ccccc4c23)CCC1c1ccc2sc3ccccc3c2c1. The molecule has 14 rings (SSSR count). The van der Waals surface area contributed by atoms with Crippen molar-refractivity contribution in [2.75, 3.05) is 0 Å². The standard InChI is InChI=1S/C60H42N2OS2/c1-2-40-41(37-23-27-57-47(30-37)43-16-7-11-21-55(43)64-57)25-26-50(61-60(40)38-24-28-58-48(31-38)44-17-8-12-22-56(44)65-58)49-33-39(34-54-59(49)45-18-6-10-20-53(45)63-54)62-51-19-9-5-15-42(51)46-29-35-13-3-4-14-36(35)32-52(46)62/h3-24,27-34,40-41,50H,2,25-26H2,1H3. The molecule has 0 N–H and O–H groups in total. The average molecular weight is 871 g/mol. The number of fused-ring (bicyclic) bond motifs is 13. The summed E-state index contributed by atoms with van der Waals surface area (Å²) in [7, 11) is 0. The zero-order valence-electron chi connectivity index (χ0n) is 35.8. The molecule has 65 heavy (non-hydrogen) atoms. The number of aromatic nitrogens is 1. The van der Waals surface area contributed by atoms with Gasteiger partial charge in [0.2, 0.25) is 0 Å². The second-order valence-corrected chi connectivity index (χ2v) is 20.1. The van der Waals surface area contributed by atoms with E-state index in [2.05, 4.69) is 193 Å². The van der Waals surface area contributed by atoms with Crippen LogP contribution in [0.3, 0.4) is 0 Å². The molecule has 0 saturated heterocycles. The predicted octanol–water partition coefficient (Wildman–Crippen LogP) is 17.7. The van der Waals surface area contributed by atoms with Crippen molar-refractivity contribution in [3.63, 3.8) is 0 Å². The lowest BCUT2D eigenvalue weighted by Gasteiger charge is -2.27. The third-order valence-corrected chi connectivity index (χ3v) is 16.8. The van der Waals surface area contributed by atoms with Crippen LogP contribution in [0.25, 0.3) is 101 Å². The van der Waals surface area contributed by atoms with Crippen LogP contribution >= 0.6 is 22.7 Å². The quantitative estimate of drug-likeness (QED) is 0.169. The molecule has 0 radical (unpaired) electrons. The van der Waals surface area contributed by atoms with Crippen LogP contribution in [0.4, 0.5) is 0 Å². The monoisotopic (exact) mass is 870 g/mol. The van der Waals surface area contributed by atoms with Crippen molar-refractivity contribution in [3.8, 4) is 5.69 Å². The Bertz CT molecular complexity index is 4100. The van der Waals surface area contributed by atoms with Gasteiger partial charge in [-0.3, -0.25) is 4.99 Å². The second kappa shape index (κ2) is 14.5. The van der Waals surface area contributed by atoms with E-state index in [0.29, 0.717) is 0 Å². The van der Waals surface area contributed by atoms with Crippen LogP contribution in [0.1, 0.15) is 54.8 Å². The van der Waals surface area contributed by atoms with E-state index >= 15 is 0 Å². The van der Waals surface area contributed by atoms with Crippen LogP contribution in [0.15, 0.2) is 191 Å². The highest BCUT2D eigenvalue weighted by atomic mass is 32.1. The molecule has 5 heteroatoms. The lowest BCUT2D eigenvalue weighted by molar-refractivity contribution is 0.477. The minimum atomic E-state index is -0.109. The topological polar surface area (TPSA) is 30.4 Å². The number of benzene rings is 9. The van der Waals surface area contributed by atoms with Gasteiger partial charge < -0.3 is 8.98 Å². The van der Waals surface area contributed by atoms with Crippen molar-refractivity contribution in [2.24, 2.45) is 10.9 Å². The number of hydrogen-bond donors (Lipinski definition) is 0. The van der Waals surface area contributed by atoms with Crippen LogP contribution < -0.4 is 0 Å². The van der Waals surface area contributed by atoms with Crippen LogP contribution in [0.2, 0.25) is 0 Å². The smallest absolute Gasteiger partial charge is 0.137 e. The normalized spacial score (nSPS) is 17.2. The van der Waals surface area contributed by atoms with Gasteiger partial charge in [-0.2, -0.15) is 0 Å². The summed E-state index contributed by atoms with van der Waals surface area (Å²) >= 11 is 3.78. The Kier molecular flexibility index (Phi) is 8.32. The zero-order valence-corrected chi connectivity index (χ0v) is 37.4. The van der Waals surface area contributed by atoms with E-state index in [1.165, 1.54) is 101 Å². The maximum atomic E-state index is 6.88. The van der Waals surface area contributed by atoms with Crippen molar-refractivity contribution in [1.29, 1.82) is 0 Å². The first-order valence-electron chi connectivity index (χ1n) is 22.9. The minimum Gasteiger partial charge on any atom is -0.456 e. The first-order chi connectivity index (χ1) is 32.1. The highest BCUT2D eigenvalue weighted by Gasteiger charge is 2.34. The fraction of sp³-hybridized carbons (Fsp3) is 0.117. The molecule has 3 unspecified atom stereocenters. The molecule has 0 bridgehead atoms. The molecular formula is C60H42N2OS2. The van der Waals surface area contributed by atoms with Crippen LogP contribution in [0.5, 0.6) is 0 Å². The predicted molar refractivity (Wildman–Crippen MR) is 279 cm³/mol. The van der Waals surface area contributed by atoms with Crippen LogP contribution in [-0.4, -0.2) is 10.3 Å². The summed E-state index contributed by atoms with van der Waals surface area (Å²) in [6, 6.07) is 67.7. The summed E-state index contributed by atoms with van der Waals surface area (Å²) in [6.07, 6.45) is 2.91. The Labute approximate surface area is 383 Å². The van der Waals surface area contributed by atoms with Gasteiger partial charge >= 0.3 is 0 Å². The second-order valence-electron chi connectivity index (χ2n) is 18.0. The summed E-state index contributed by atoms with van der Waals surface area (Å²) < 4.78 is 14.7. The fourth-order valence-corrected chi connectivity index (χ4v) is 13.7.